The molecule has 1 saturated heterocycles. The van der Waals surface area contributed by atoms with Crippen LogP contribution in [0.1, 0.15) is 33.6 Å². The Labute approximate surface area is 98.2 Å². The molecule has 4 heteroatoms. The van der Waals surface area contributed by atoms with Gasteiger partial charge in [-0.3, -0.25) is 0 Å². The predicted octanol–water partition coefficient (Wildman–Crippen LogP) is 1.54. The van der Waals surface area contributed by atoms with Crippen molar-refractivity contribution in [3.05, 3.63) is 0 Å². The third kappa shape index (κ3) is 2.88. The lowest BCUT2D eigenvalue weighted by atomic mass is 9.94. The molecule has 1 fully saturated rings. The molecule has 2 unspecified atom stereocenters. The summed E-state index contributed by atoms with van der Waals surface area (Å²) in [5.41, 5.74) is 0. The van der Waals surface area contributed by atoms with Crippen molar-refractivity contribution in [1.82, 2.24) is 9.80 Å². The second-order valence-electron chi connectivity index (χ2n) is 4.58. The van der Waals surface area contributed by atoms with Crippen molar-refractivity contribution in [3.8, 4) is 0 Å². The van der Waals surface area contributed by atoms with Gasteiger partial charge in [-0.1, -0.05) is 0 Å². The van der Waals surface area contributed by atoms with E-state index >= 15 is 0 Å². The number of amides is 2. The summed E-state index contributed by atoms with van der Waals surface area (Å²) in [6, 6.07) is 0.423. The topological polar surface area (TPSA) is 43.8 Å². The fourth-order valence-electron chi connectivity index (χ4n) is 2.27. The van der Waals surface area contributed by atoms with Crippen LogP contribution in [0.15, 0.2) is 0 Å². The van der Waals surface area contributed by atoms with Gasteiger partial charge in [-0.2, -0.15) is 0 Å². The number of aliphatic hydroxyl groups is 1. The van der Waals surface area contributed by atoms with E-state index < -0.39 is 0 Å². The van der Waals surface area contributed by atoms with Gasteiger partial charge < -0.3 is 14.9 Å². The number of hydrogen-bond acceptors (Lipinski definition) is 2. The highest BCUT2D eigenvalue weighted by Gasteiger charge is 2.30. The first-order valence-corrected chi connectivity index (χ1v) is 6.30. The maximum Gasteiger partial charge on any atom is 0.320 e. The van der Waals surface area contributed by atoms with Crippen LogP contribution in [0.5, 0.6) is 0 Å². The standard InChI is InChI=1S/C12H24N2O2/c1-4-13(5-2)12(16)14-8-11(9-15)7-6-10(14)3/h10-11,15H,4-9H2,1-3H3. The van der Waals surface area contributed by atoms with Crippen LogP contribution in [0.4, 0.5) is 4.79 Å². The molecule has 0 spiro atoms. The number of urea groups is 1. The Balaban J connectivity index is 2.64. The molecule has 1 aliphatic rings. The average Bonchev–Trinajstić information content (AvgIpc) is 2.31. The van der Waals surface area contributed by atoms with Crippen LogP contribution >= 0.6 is 0 Å². The molecule has 0 aromatic heterocycles. The van der Waals surface area contributed by atoms with Gasteiger partial charge in [0, 0.05) is 32.3 Å². The zero-order valence-corrected chi connectivity index (χ0v) is 10.6. The predicted molar refractivity (Wildman–Crippen MR) is 64.3 cm³/mol. The Morgan fingerprint density at radius 2 is 2.00 bits per heavy atom. The maximum atomic E-state index is 12.2. The monoisotopic (exact) mass is 228 g/mol. The third-order valence-electron chi connectivity index (χ3n) is 3.52. The van der Waals surface area contributed by atoms with Crippen LogP contribution in [0.3, 0.4) is 0 Å². The van der Waals surface area contributed by atoms with Crippen LogP contribution in [-0.4, -0.2) is 53.2 Å². The highest BCUT2D eigenvalue weighted by molar-refractivity contribution is 5.74. The van der Waals surface area contributed by atoms with E-state index in [9.17, 15) is 9.90 Å². The average molecular weight is 228 g/mol. The van der Waals surface area contributed by atoms with Crippen molar-refractivity contribution in [1.29, 1.82) is 0 Å². The summed E-state index contributed by atoms with van der Waals surface area (Å²) in [5.74, 6) is 0.260. The number of rotatable bonds is 3. The van der Waals surface area contributed by atoms with Crippen molar-refractivity contribution >= 4 is 6.03 Å². The summed E-state index contributed by atoms with van der Waals surface area (Å²) >= 11 is 0. The van der Waals surface area contributed by atoms with E-state index in [1.54, 1.807) is 0 Å². The summed E-state index contributed by atoms with van der Waals surface area (Å²) in [6.07, 6.45) is 2.03. The Morgan fingerprint density at radius 1 is 1.38 bits per heavy atom. The summed E-state index contributed by atoms with van der Waals surface area (Å²) in [4.78, 5) is 16.0. The van der Waals surface area contributed by atoms with E-state index in [0.29, 0.717) is 12.6 Å². The number of carbonyl (C=O) groups excluding carboxylic acids is 1. The molecule has 16 heavy (non-hydrogen) atoms. The lowest BCUT2D eigenvalue weighted by Gasteiger charge is -2.39. The Bertz CT molecular complexity index is 229. The minimum absolute atomic E-state index is 0.121. The molecule has 1 aliphatic heterocycles. The summed E-state index contributed by atoms with van der Waals surface area (Å²) in [6.45, 7) is 8.49. The zero-order valence-electron chi connectivity index (χ0n) is 10.6. The Kier molecular flexibility index (Phi) is 5.06. The first-order valence-electron chi connectivity index (χ1n) is 6.30. The molecular formula is C12H24N2O2. The van der Waals surface area contributed by atoms with Crippen LogP contribution < -0.4 is 0 Å². The quantitative estimate of drug-likeness (QED) is 0.796. The minimum Gasteiger partial charge on any atom is -0.396 e. The van der Waals surface area contributed by atoms with E-state index in [1.807, 2.05) is 23.6 Å². The number of nitrogens with zero attached hydrogens (tertiary/aromatic N) is 2. The normalized spacial score (nSPS) is 25.6. The lowest BCUT2D eigenvalue weighted by Crippen LogP contribution is -2.51. The van der Waals surface area contributed by atoms with Crippen molar-refractivity contribution < 1.29 is 9.90 Å². The highest BCUT2D eigenvalue weighted by atomic mass is 16.3. The van der Waals surface area contributed by atoms with Crippen LogP contribution in [0.25, 0.3) is 0 Å². The molecule has 2 atom stereocenters. The molecule has 94 valence electrons. The molecule has 1 rings (SSSR count). The first-order chi connectivity index (χ1) is 7.63. The number of likely N-dealkylation sites (tertiary alicyclic amines) is 1. The van der Waals surface area contributed by atoms with Crippen molar-refractivity contribution in [2.75, 3.05) is 26.2 Å². The van der Waals surface area contributed by atoms with E-state index in [2.05, 4.69) is 6.92 Å². The van der Waals surface area contributed by atoms with Gasteiger partial charge in [0.2, 0.25) is 0 Å². The van der Waals surface area contributed by atoms with Gasteiger partial charge in [-0.25, -0.2) is 4.79 Å². The summed E-state index contributed by atoms with van der Waals surface area (Å²) < 4.78 is 0. The maximum absolute atomic E-state index is 12.2. The number of piperidine rings is 1. The Morgan fingerprint density at radius 3 is 2.50 bits per heavy atom. The molecule has 4 nitrogen and oxygen atoms in total. The molecular weight excluding hydrogens is 204 g/mol. The molecule has 0 aliphatic carbocycles. The van der Waals surface area contributed by atoms with E-state index in [-0.39, 0.29) is 18.6 Å². The third-order valence-corrected chi connectivity index (χ3v) is 3.52. The summed E-state index contributed by atoms with van der Waals surface area (Å²) in [7, 11) is 0. The van der Waals surface area contributed by atoms with Gasteiger partial charge in [0.25, 0.3) is 0 Å². The van der Waals surface area contributed by atoms with E-state index in [1.165, 1.54) is 0 Å². The van der Waals surface area contributed by atoms with E-state index in [0.717, 1.165) is 25.9 Å². The van der Waals surface area contributed by atoms with Crippen LogP contribution in [-0.2, 0) is 0 Å². The largest absolute Gasteiger partial charge is 0.396 e. The zero-order chi connectivity index (χ0) is 12.1. The van der Waals surface area contributed by atoms with Gasteiger partial charge in [-0.05, 0) is 39.5 Å². The number of hydrogen-bond donors (Lipinski definition) is 1. The first kappa shape index (κ1) is 13.3. The SMILES string of the molecule is CCN(CC)C(=O)N1CC(CO)CCC1C. The molecule has 0 aromatic rings. The fourth-order valence-corrected chi connectivity index (χ4v) is 2.27. The van der Waals surface area contributed by atoms with Crippen molar-refractivity contribution in [2.45, 2.75) is 39.7 Å². The van der Waals surface area contributed by atoms with E-state index in [4.69, 9.17) is 0 Å². The highest BCUT2D eigenvalue weighted by Crippen LogP contribution is 2.22. The lowest BCUT2D eigenvalue weighted by molar-refractivity contribution is 0.0823. The van der Waals surface area contributed by atoms with Gasteiger partial charge >= 0.3 is 6.03 Å². The van der Waals surface area contributed by atoms with Gasteiger partial charge in [0.1, 0.15) is 0 Å². The van der Waals surface area contributed by atoms with Gasteiger partial charge in [0.05, 0.1) is 0 Å². The molecule has 0 radical (unpaired) electrons. The Hall–Kier alpha value is -0.770. The number of carbonyl (C=O) groups is 1. The molecule has 1 N–H and O–H groups in total. The van der Waals surface area contributed by atoms with Crippen LogP contribution in [0.2, 0.25) is 0 Å². The smallest absolute Gasteiger partial charge is 0.320 e. The second-order valence-corrected chi connectivity index (χ2v) is 4.58. The van der Waals surface area contributed by atoms with Gasteiger partial charge in [-0.15, -0.1) is 0 Å². The van der Waals surface area contributed by atoms with Crippen molar-refractivity contribution in [3.63, 3.8) is 0 Å². The van der Waals surface area contributed by atoms with Crippen LogP contribution in [0, 0.1) is 5.92 Å². The summed E-state index contributed by atoms with van der Waals surface area (Å²) in [5, 5.41) is 9.18. The van der Waals surface area contributed by atoms with Gasteiger partial charge in [0.15, 0.2) is 0 Å². The minimum atomic E-state index is 0.121. The molecule has 0 saturated carbocycles. The molecule has 0 bridgehead atoms. The molecule has 1 heterocycles. The molecule has 0 aromatic carbocycles. The molecule has 2 amide bonds. The number of aliphatic hydroxyl groups excluding tert-OH is 1. The second kappa shape index (κ2) is 6.09. The van der Waals surface area contributed by atoms with Crippen molar-refractivity contribution in [2.24, 2.45) is 5.92 Å². The fraction of sp³-hybridized carbons (Fsp3) is 0.917.